The minimum Gasteiger partial charge on any atom is -0.352 e. The zero-order chi connectivity index (χ0) is 22.0. The second-order valence-corrected chi connectivity index (χ2v) is 7.51. The molecule has 3 rings (SSSR count). The normalized spacial score (nSPS) is 12.0. The third kappa shape index (κ3) is 4.10. The molecule has 2 aromatic carbocycles. The molecule has 0 bridgehead atoms. The van der Waals surface area contributed by atoms with Crippen LogP contribution in [0.1, 0.15) is 43.1 Å². The van der Waals surface area contributed by atoms with Crippen molar-refractivity contribution in [2.75, 3.05) is 0 Å². The number of ketones is 1. The van der Waals surface area contributed by atoms with Crippen LogP contribution in [-0.2, 0) is 11.3 Å². The van der Waals surface area contributed by atoms with Crippen LogP contribution in [0.3, 0.4) is 0 Å². The Labute approximate surface area is 174 Å². The van der Waals surface area contributed by atoms with Crippen molar-refractivity contribution in [2.24, 2.45) is 0 Å². The lowest BCUT2D eigenvalue weighted by molar-refractivity contribution is -0.122. The molecule has 7 nitrogen and oxygen atoms in total. The Kier molecular flexibility index (Phi) is 6.01. The molecule has 1 heterocycles. The minimum atomic E-state index is -0.605. The molecule has 30 heavy (non-hydrogen) atoms. The van der Waals surface area contributed by atoms with E-state index in [9.17, 15) is 19.2 Å². The van der Waals surface area contributed by atoms with E-state index in [4.69, 9.17) is 0 Å². The van der Waals surface area contributed by atoms with Crippen LogP contribution in [0, 0.1) is 6.92 Å². The van der Waals surface area contributed by atoms with E-state index < -0.39 is 11.2 Å². The fourth-order valence-electron chi connectivity index (χ4n) is 3.28. The minimum absolute atomic E-state index is 0.0215. The summed E-state index contributed by atoms with van der Waals surface area (Å²) >= 11 is 0. The first-order valence-electron chi connectivity index (χ1n) is 9.90. The van der Waals surface area contributed by atoms with E-state index >= 15 is 0 Å². The van der Waals surface area contributed by atoms with Crippen LogP contribution >= 0.6 is 0 Å². The maximum absolute atomic E-state index is 13.3. The van der Waals surface area contributed by atoms with E-state index in [1.807, 2.05) is 20.8 Å². The lowest BCUT2D eigenvalue weighted by atomic mass is 10.1. The van der Waals surface area contributed by atoms with Crippen molar-refractivity contribution in [2.45, 2.75) is 46.7 Å². The standard InChI is InChI=1S/C23H25N3O4/c1-5-15(3)24-21(28)13-25-20-11-6-14(2)12-19(20)22(29)26(23(25)30)18-9-7-17(8-10-18)16(4)27/h6-12,15H,5,13H2,1-4H3,(H,24,28)/t15-/m1/s1. The van der Waals surface area contributed by atoms with Crippen LogP contribution in [0.25, 0.3) is 16.6 Å². The molecule has 0 aliphatic rings. The van der Waals surface area contributed by atoms with E-state index in [0.717, 1.165) is 16.6 Å². The van der Waals surface area contributed by atoms with Gasteiger partial charge >= 0.3 is 5.69 Å². The lowest BCUT2D eigenvalue weighted by Crippen LogP contribution is -2.43. The first-order chi connectivity index (χ1) is 14.2. The predicted octanol–water partition coefficient (Wildman–Crippen LogP) is 2.58. The summed E-state index contributed by atoms with van der Waals surface area (Å²) in [5, 5.41) is 3.20. The van der Waals surface area contributed by atoms with Crippen molar-refractivity contribution in [1.82, 2.24) is 14.5 Å². The fourth-order valence-corrected chi connectivity index (χ4v) is 3.28. The highest BCUT2D eigenvalue weighted by Gasteiger charge is 2.17. The third-order valence-electron chi connectivity index (χ3n) is 5.15. The van der Waals surface area contributed by atoms with Gasteiger partial charge in [0.25, 0.3) is 5.56 Å². The van der Waals surface area contributed by atoms with Gasteiger partial charge < -0.3 is 5.32 Å². The number of rotatable bonds is 6. The maximum atomic E-state index is 13.3. The molecule has 0 aliphatic carbocycles. The molecule has 1 aromatic heterocycles. The van der Waals surface area contributed by atoms with Gasteiger partial charge in [0, 0.05) is 11.6 Å². The van der Waals surface area contributed by atoms with Gasteiger partial charge in [-0.3, -0.25) is 19.0 Å². The summed E-state index contributed by atoms with van der Waals surface area (Å²) in [6.45, 7) is 6.95. The largest absolute Gasteiger partial charge is 0.352 e. The van der Waals surface area contributed by atoms with Crippen LogP contribution in [0.15, 0.2) is 52.1 Å². The number of carbonyl (C=O) groups is 2. The van der Waals surface area contributed by atoms with E-state index in [1.165, 1.54) is 11.5 Å². The Balaban J connectivity index is 2.23. The lowest BCUT2D eigenvalue weighted by Gasteiger charge is -2.16. The van der Waals surface area contributed by atoms with Gasteiger partial charge in [0.2, 0.25) is 5.91 Å². The average Bonchev–Trinajstić information content (AvgIpc) is 2.71. The summed E-state index contributed by atoms with van der Waals surface area (Å²) in [5.74, 6) is -0.410. The zero-order valence-electron chi connectivity index (χ0n) is 17.6. The molecule has 7 heteroatoms. The zero-order valence-corrected chi connectivity index (χ0v) is 17.6. The first-order valence-corrected chi connectivity index (χ1v) is 9.90. The van der Waals surface area contributed by atoms with Crippen molar-refractivity contribution in [3.05, 3.63) is 74.4 Å². The first kappa shape index (κ1) is 21.2. The number of carbonyl (C=O) groups excluding carboxylic acids is 2. The van der Waals surface area contributed by atoms with Gasteiger partial charge in [-0.2, -0.15) is 0 Å². The summed E-state index contributed by atoms with van der Waals surface area (Å²) < 4.78 is 2.36. The van der Waals surface area contributed by atoms with E-state index in [-0.39, 0.29) is 24.3 Å². The van der Waals surface area contributed by atoms with Gasteiger partial charge in [-0.05, 0) is 63.6 Å². The molecular weight excluding hydrogens is 382 g/mol. The smallest absolute Gasteiger partial charge is 0.336 e. The Bertz CT molecular complexity index is 1240. The third-order valence-corrected chi connectivity index (χ3v) is 5.15. The molecule has 1 amide bonds. The summed E-state index contributed by atoms with van der Waals surface area (Å²) in [6.07, 6.45) is 0.766. The van der Waals surface area contributed by atoms with Gasteiger partial charge in [-0.15, -0.1) is 0 Å². The highest BCUT2D eigenvalue weighted by atomic mass is 16.2. The molecule has 0 saturated carbocycles. The van der Waals surface area contributed by atoms with Gasteiger partial charge in [-0.1, -0.05) is 18.6 Å². The Morgan fingerprint density at radius 1 is 1.07 bits per heavy atom. The molecule has 0 fully saturated rings. The molecule has 3 aromatic rings. The maximum Gasteiger partial charge on any atom is 0.336 e. The van der Waals surface area contributed by atoms with Gasteiger partial charge in [0.15, 0.2) is 5.78 Å². The van der Waals surface area contributed by atoms with E-state index in [1.54, 1.807) is 42.5 Å². The Morgan fingerprint density at radius 3 is 2.33 bits per heavy atom. The topological polar surface area (TPSA) is 90.2 Å². The second-order valence-electron chi connectivity index (χ2n) is 7.51. The molecule has 0 aliphatic heterocycles. The number of nitrogens with zero attached hydrogens (tertiary/aromatic N) is 2. The Hall–Kier alpha value is -3.48. The highest BCUT2D eigenvalue weighted by Crippen LogP contribution is 2.13. The average molecular weight is 407 g/mol. The molecular formula is C23H25N3O4. The van der Waals surface area contributed by atoms with Crippen LogP contribution in [-0.4, -0.2) is 26.9 Å². The number of hydrogen-bond acceptors (Lipinski definition) is 4. The summed E-state index contributed by atoms with van der Waals surface area (Å²) in [4.78, 5) is 50.5. The van der Waals surface area contributed by atoms with Crippen molar-refractivity contribution < 1.29 is 9.59 Å². The molecule has 156 valence electrons. The van der Waals surface area contributed by atoms with Crippen molar-refractivity contribution in [3.8, 4) is 5.69 Å². The van der Waals surface area contributed by atoms with Crippen LogP contribution in [0.5, 0.6) is 0 Å². The fraction of sp³-hybridized carbons (Fsp3) is 0.304. The number of amides is 1. The summed E-state index contributed by atoms with van der Waals surface area (Å²) in [7, 11) is 0. The number of hydrogen-bond donors (Lipinski definition) is 1. The number of benzene rings is 2. The number of nitrogens with one attached hydrogen (secondary N) is 1. The SMILES string of the molecule is CC[C@@H](C)NC(=O)Cn1c(=O)n(-c2ccc(C(C)=O)cc2)c(=O)c2cc(C)ccc21. The van der Waals surface area contributed by atoms with Gasteiger partial charge in [0.1, 0.15) is 6.54 Å². The molecule has 0 unspecified atom stereocenters. The molecule has 0 radical (unpaired) electrons. The Morgan fingerprint density at radius 2 is 1.73 bits per heavy atom. The number of Topliss-reactive ketones (excluding diaryl/α,β-unsaturated/α-hetero) is 1. The molecule has 1 N–H and O–H groups in total. The second kappa shape index (κ2) is 8.49. The monoisotopic (exact) mass is 407 g/mol. The van der Waals surface area contributed by atoms with Crippen molar-refractivity contribution in [3.63, 3.8) is 0 Å². The molecule has 0 saturated heterocycles. The van der Waals surface area contributed by atoms with Gasteiger partial charge in [-0.25, -0.2) is 9.36 Å². The molecule has 0 spiro atoms. The van der Waals surface area contributed by atoms with Gasteiger partial charge in [0.05, 0.1) is 16.6 Å². The van der Waals surface area contributed by atoms with Crippen LogP contribution < -0.4 is 16.6 Å². The predicted molar refractivity (Wildman–Crippen MR) is 116 cm³/mol. The number of aromatic nitrogens is 2. The molecule has 1 atom stereocenters. The summed E-state index contributed by atoms with van der Waals surface area (Å²) in [5.41, 5.74) is 1.03. The number of aryl methyl sites for hydroxylation is 1. The van der Waals surface area contributed by atoms with E-state index in [2.05, 4.69) is 5.32 Å². The van der Waals surface area contributed by atoms with Crippen LogP contribution in [0.4, 0.5) is 0 Å². The van der Waals surface area contributed by atoms with Crippen molar-refractivity contribution in [1.29, 1.82) is 0 Å². The number of fused-ring (bicyclic) bond motifs is 1. The van der Waals surface area contributed by atoms with Crippen molar-refractivity contribution >= 4 is 22.6 Å². The summed E-state index contributed by atoms with van der Waals surface area (Å²) in [6, 6.07) is 11.4. The quantitative estimate of drug-likeness (QED) is 0.636. The highest BCUT2D eigenvalue weighted by molar-refractivity contribution is 5.94. The van der Waals surface area contributed by atoms with Crippen LogP contribution in [0.2, 0.25) is 0 Å². The van der Waals surface area contributed by atoms with E-state index in [0.29, 0.717) is 22.2 Å².